The van der Waals surface area contributed by atoms with E-state index in [0.717, 1.165) is 12.8 Å². The number of nitrogens with zero attached hydrogens (tertiary/aromatic N) is 1. The van der Waals surface area contributed by atoms with Gasteiger partial charge in [0, 0.05) is 6.54 Å². The smallest absolute Gasteiger partial charge is 0.270 e. The highest BCUT2D eigenvalue weighted by molar-refractivity contribution is 6.03. The van der Waals surface area contributed by atoms with Crippen LogP contribution < -0.4 is 14.4 Å². The van der Waals surface area contributed by atoms with Gasteiger partial charge in [0.1, 0.15) is 0 Å². The molecule has 0 saturated carbocycles. The van der Waals surface area contributed by atoms with Crippen LogP contribution in [-0.4, -0.2) is 30.3 Å². The van der Waals surface area contributed by atoms with Crippen LogP contribution in [0.4, 0.5) is 5.69 Å². The Morgan fingerprint density at radius 1 is 1.38 bits per heavy atom. The summed E-state index contributed by atoms with van der Waals surface area (Å²) in [6.45, 7) is 6.13. The van der Waals surface area contributed by atoms with Crippen molar-refractivity contribution in [3.63, 3.8) is 0 Å². The van der Waals surface area contributed by atoms with Crippen LogP contribution in [0.3, 0.4) is 0 Å². The minimum atomic E-state index is -0.922. The third kappa shape index (κ3) is 2.83. The molecule has 1 N–H and O–H groups in total. The first-order valence-electron chi connectivity index (χ1n) is 7.27. The van der Waals surface area contributed by atoms with Gasteiger partial charge in [-0.3, -0.25) is 4.79 Å². The van der Waals surface area contributed by atoms with Gasteiger partial charge >= 0.3 is 0 Å². The minimum Gasteiger partial charge on any atom is -0.493 e. The zero-order valence-corrected chi connectivity index (χ0v) is 13.1. The van der Waals surface area contributed by atoms with Gasteiger partial charge in [-0.25, -0.2) is 0 Å². The van der Waals surface area contributed by atoms with E-state index in [-0.39, 0.29) is 12.5 Å². The Kier molecular flexibility index (Phi) is 4.42. The summed E-state index contributed by atoms with van der Waals surface area (Å²) in [7, 11) is 1.56. The number of aliphatic hydroxyl groups is 1. The lowest BCUT2D eigenvalue weighted by Crippen LogP contribution is -2.52. The van der Waals surface area contributed by atoms with Gasteiger partial charge < -0.3 is 19.5 Å². The topological polar surface area (TPSA) is 59.0 Å². The summed E-state index contributed by atoms with van der Waals surface area (Å²) in [6, 6.07) is 3.53. The molecule has 0 radical (unpaired) electrons. The molecule has 5 nitrogen and oxygen atoms in total. The molecule has 2 rings (SSSR count). The van der Waals surface area contributed by atoms with Crippen LogP contribution in [0, 0.1) is 0 Å². The molecule has 1 heterocycles. The first-order chi connectivity index (χ1) is 9.94. The normalized spacial score (nSPS) is 16.4. The highest BCUT2D eigenvalue weighted by atomic mass is 16.5. The Bertz CT molecular complexity index is 539. The van der Waals surface area contributed by atoms with E-state index in [2.05, 4.69) is 6.92 Å². The molecule has 1 aromatic rings. The third-order valence-electron chi connectivity index (χ3n) is 3.64. The molecule has 1 aromatic carbocycles. The van der Waals surface area contributed by atoms with Gasteiger partial charge in [-0.05, 0) is 38.0 Å². The van der Waals surface area contributed by atoms with E-state index >= 15 is 0 Å². The van der Waals surface area contributed by atoms with E-state index in [9.17, 15) is 9.90 Å². The number of anilines is 1. The maximum atomic E-state index is 12.6. The largest absolute Gasteiger partial charge is 0.493 e. The fourth-order valence-corrected chi connectivity index (χ4v) is 2.46. The van der Waals surface area contributed by atoms with Crippen molar-refractivity contribution in [2.45, 2.75) is 45.8 Å². The van der Waals surface area contributed by atoms with Crippen molar-refractivity contribution in [3.05, 3.63) is 17.7 Å². The van der Waals surface area contributed by atoms with E-state index < -0.39 is 5.60 Å². The molecule has 5 heteroatoms. The Morgan fingerprint density at radius 3 is 2.67 bits per heavy atom. The molecule has 0 saturated heterocycles. The lowest BCUT2D eigenvalue weighted by Gasteiger charge is -2.39. The predicted octanol–water partition coefficient (Wildman–Crippen LogP) is 2.49. The summed E-state index contributed by atoms with van der Waals surface area (Å²) in [5.41, 5.74) is 0.453. The number of rotatable bonds is 5. The molecule has 1 aliphatic heterocycles. The van der Waals surface area contributed by atoms with E-state index in [4.69, 9.17) is 9.47 Å². The maximum Gasteiger partial charge on any atom is 0.270 e. The molecule has 0 aromatic heterocycles. The molecule has 0 spiro atoms. The van der Waals surface area contributed by atoms with Gasteiger partial charge in [0.2, 0.25) is 0 Å². The molecule has 0 fully saturated rings. The van der Waals surface area contributed by atoms with Gasteiger partial charge in [-0.2, -0.15) is 0 Å². The number of ether oxygens (including phenoxy) is 2. The molecule has 0 unspecified atom stereocenters. The first kappa shape index (κ1) is 15.6. The Hall–Kier alpha value is -1.75. The monoisotopic (exact) mass is 293 g/mol. The summed E-state index contributed by atoms with van der Waals surface area (Å²) in [4.78, 5) is 14.4. The number of aliphatic hydroxyl groups excluding tert-OH is 1. The molecule has 0 atom stereocenters. The number of hydrogen-bond acceptors (Lipinski definition) is 4. The second-order valence-corrected chi connectivity index (χ2v) is 5.73. The standard InChI is InChI=1S/C16H23NO4/c1-5-6-7-17-12-8-11(10-18)9-13(20-4)14(12)21-16(2,3)15(17)19/h8-9,18H,5-7,10H2,1-4H3. The second-order valence-electron chi connectivity index (χ2n) is 5.73. The van der Waals surface area contributed by atoms with Gasteiger partial charge in [-0.15, -0.1) is 0 Å². The van der Waals surface area contributed by atoms with Crippen molar-refractivity contribution in [2.75, 3.05) is 18.6 Å². The first-order valence-corrected chi connectivity index (χ1v) is 7.27. The van der Waals surface area contributed by atoms with Crippen molar-refractivity contribution < 1.29 is 19.4 Å². The van der Waals surface area contributed by atoms with Crippen LogP contribution in [0.5, 0.6) is 11.5 Å². The van der Waals surface area contributed by atoms with Crippen LogP contribution in [0.1, 0.15) is 39.2 Å². The number of benzene rings is 1. The Labute approximate surface area is 125 Å². The average molecular weight is 293 g/mol. The number of hydrogen-bond donors (Lipinski definition) is 1. The highest BCUT2D eigenvalue weighted by Crippen LogP contribution is 2.45. The second kappa shape index (κ2) is 5.93. The van der Waals surface area contributed by atoms with E-state index in [1.807, 2.05) is 0 Å². The molecule has 1 amide bonds. The van der Waals surface area contributed by atoms with Crippen molar-refractivity contribution >= 4 is 11.6 Å². The molecule has 1 aliphatic rings. The highest BCUT2D eigenvalue weighted by Gasteiger charge is 2.42. The summed E-state index contributed by atoms with van der Waals surface area (Å²) in [5.74, 6) is 1.04. The molecular formula is C16H23NO4. The summed E-state index contributed by atoms with van der Waals surface area (Å²) in [6.07, 6.45) is 1.91. The number of unbranched alkanes of at least 4 members (excludes halogenated alkanes) is 1. The third-order valence-corrected chi connectivity index (χ3v) is 3.64. The van der Waals surface area contributed by atoms with Gasteiger partial charge in [0.05, 0.1) is 19.4 Å². The molecule has 21 heavy (non-hydrogen) atoms. The summed E-state index contributed by atoms with van der Waals surface area (Å²) < 4.78 is 11.2. The van der Waals surface area contributed by atoms with Crippen LogP contribution in [0.15, 0.2) is 12.1 Å². The van der Waals surface area contributed by atoms with Gasteiger partial charge in [0.25, 0.3) is 5.91 Å². The molecule has 116 valence electrons. The fraction of sp³-hybridized carbons (Fsp3) is 0.562. The zero-order valence-electron chi connectivity index (χ0n) is 13.1. The summed E-state index contributed by atoms with van der Waals surface area (Å²) in [5, 5.41) is 9.39. The van der Waals surface area contributed by atoms with Crippen molar-refractivity contribution in [1.82, 2.24) is 0 Å². The SMILES string of the molecule is CCCCN1C(=O)C(C)(C)Oc2c(OC)cc(CO)cc21. The van der Waals surface area contributed by atoms with E-state index in [1.54, 1.807) is 38.0 Å². The number of methoxy groups -OCH3 is 1. The van der Waals surface area contributed by atoms with Crippen molar-refractivity contribution in [1.29, 1.82) is 0 Å². The minimum absolute atomic E-state index is 0.0689. The molecule has 0 bridgehead atoms. The van der Waals surface area contributed by atoms with Crippen LogP contribution in [0.25, 0.3) is 0 Å². The van der Waals surface area contributed by atoms with Crippen molar-refractivity contribution in [3.8, 4) is 11.5 Å². The van der Waals surface area contributed by atoms with Crippen LogP contribution >= 0.6 is 0 Å². The predicted molar refractivity (Wildman–Crippen MR) is 80.9 cm³/mol. The number of fused-ring (bicyclic) bond motifs is 1. The lowest BCUT2D eigenvalue weighted by atomic mass is 10.0. The Balaban J connectivity index is 2.56. The van der Waals surface area contributed by atoms with Gasteiger partial charge in [0.15, 0.2) is 17.1 Å². The number of carbonyl (C=O) groups is 1. The van der Waals surface area contributed by atoms with E-state index in [0.29, 0.717) is 29.3 Å². The van der Waals surface area contributed by atoms with E-state index in [1.165, 1.54) is 0 Å². The molecule has 0 aliphatic carbocycles. The number of carbonyl (C=O) groups excluding carboxylic acids is 1. The van der Waals surface area contributed by atoms with Crippen molar-refractivity contribution in [2.24, 2.45) is 0 Å². The lowest BCUT2D eigenvalue weighted by molar-refractivity contribution is -0.132. The maximum absolute atomic E-state index is 12.6. The quantitative estimate of drug-likeness (QED) is 0.906. The van der Waals surface area contributed by atoms with Crippen LogP contribution in [0.2, 0.25) is 0 Å². The Morgan fingerprint density at radius 2 is 2.10 bits per heavy atom. The fourth-order valence-electron chi connectivity index (χ4n) is 2.46. The average Bonchev–Trinajstić information content (AvgIpc) is 2.47. The van der Waals surface area contributed by atoms with Gasteiger partial charge in [-0.1, -0.05) is 13.3 Å². The zero-order chi connectivity index (χ0) is 15.6. The summed E-state index contributed by atoms with van der Waals surface area (Å²) >= 11 is 0. The molecular weight excluding hydrogens is 270 g/mol. The number of amides is 1. The van der Waals surface area contributed by atoms with Crippen LogP contribution in [-0.2, 0) is 11.4 Å².